The van der Waals surface area contributed by atoms with Crippen LogP contribution in [-0.2, 0) is 4.79 Å². The van der Waals surface area contributed by atoms with E-state index in [4.69, 9.17) is 12.2 Å². The summed E-state index contributed by atoms with van der Waals surface area (Å²) < 4.78 is 0. The molecule has 2 aliphatic rings. The van der Waals surface area contributed by atoms with Gasteiger partial charge in [0.2, 0.25) is 0 Å². The summed E-state index contributed by atoms with van der Waals surface area (Å²) in [6.07, 6.45) is 11.0. The summed E-state index contributed by atoms with van der Waals surface area (Å²) in [6, 6.07) is 4.00. The summed E-state index contributed by atoms with van der Waals surface area (Å²) in [4.78, 5) is 18.2. The van der Waals surface area contributed by atoms with Gasteiger partial charge in [0.1, 0.15) is 5.70 Å². The Labute approximate surface area is 123 Å². The number of aromatic nitrogens is 1. The summed E-state index contributed by atoms with van der Waals surface area (Å²) in [6.45, 7) is 0. The van der Waals surface area contributed by atoms with Crippen molar-refractivity contribution >= 4 is 29.3 Å². The van der Waals surface area contributed by atoms with Crippen LogP contribution >= 0.6 is 12.2 Å². The van der Waals surface area contributed by atoms with Crippen molar-refractivity contribution < 1.29 is 4.79 Å². The maximum atomic E-state index is 12.5. The molecule has 104 valence electrons. The molecule has 0 unspecified atom stereocenters. The SMILES string of the molecule is O=C1/C(=C\c2ccncc2)NC(=S)N1C1CCCCC1. The van der Waals surface area contributed by atoms with Gasteiger partial charge in [-0.1, -0.05) is 19.3 Å². The highest BCUT2D eigenvalue weighted by atomic mass is 32.1. The van der Waals surface area contributed by atoms with Crippen LogP contribution in [0.4, 0.5) is 0 Å². The van der Waals surface area contributed by atoms with Gasteiger partial charge in [-0.05, 0) is 48.8 Å². The van der Waals surface area contributed by atoms with Crippen molar-refractivity contribution in [1.29, 1.82) is 0 Å². The molecule has 0 spiro atoms. The number of hydrogen-bond donors (Lipinski definition) is 1. The Morgan fingerprint density at radius 2 is 1.95 bits per heavy atom. The molecule has 5 heteroatoms. The minimum Gasteiger partial charge on any atom is -0.328 e. The molecular weight excluding hydrogens is 270 g/mol. The zero-order chi connectivity index (χ0) is 13.9. The first kappa shape index (κ1) is 13.2. The molecule has 1 aliphatic heterocycles. The minimum absolute atomic E-state index is 0.00119. The molecule has 2 heterocycles. The Hall–Kier alpha value is -1.75. The summed E-state index contributed by atoms with van der Waals surface area (Å²) >= 11 is 5.33. The second-order valence-electron chi connectivity index (χ2n) is 5.24. The Morgan fingerprint density at radius 3 is 2.65 bits per heavy atom. The first-order valence-electron chi connectivity index (χ1n) is 7.02. The van der Waals surface area contributed by atoms with E-state index in [1.54, 1.807) is 17.3 Å². The van der Waals surface area contributed by atoms with Crippen LogP contribution in [0.1, 0.15) is 37.7 Å². The van der Waals surface area contributed by atoms with Gasteiger partial charge < -0.3 is 5.32 Å². The predicted octanol–water partition coefficient (Wildman–Crippen LogP) is 2.47. The number of carbonyl (C=O) groups excluding carboxylic acids is 1. The molecule has 2 fully saturated rings. The van der Waals surface area contributed by atoms with Crippen LogP contribution in [0, 0.1) is 0 Å². The fourth-order valence-electron chi connectivity index (χ4n) is 2.85. The van der Waals surface area contributed by atoms with Crippen molar-refractivity contribution in [1.82, 2.24) is 15.2 Å². The van der Waals surface area contributed by atoms with E-state index in [0.717, 1.165) is 18.4 Å². The number of carbonyl (C=O) groups is 1. The van der Waals surface area contributed by atoms with Crippen LogP contribution in [0.25, 0.3) is 6.08 Å². The van der Waals surface area contributed by atoms with Crippen LogP contribution in [0.3, 0.4) is 0 Å². The summed E-state index contributed by atoms with van der Waals surface area (Å²) in [7, 11) is 0. The van der Waals surface area contributed by atoms with Gasteiger partial charge >= 0.3 is 0 Å². The van der Waals surface area contributed by atoms with Crippen molar-refractivity contribution in [2.24, 2.45) is 0 Å². The van der Waals surface area contributed by atoms with E-state index in [2.05, 4.69) is 10.3 Å². The lowest BCUT2D eigenvalue weighted by atomic mass is 9.94. The largest absolute Gasteiger partial charge is 0.328 e. The molecule has 1 aromatic heterocycles. The van der Waals surface area contributed by atoms with Gasteiger partial charge in [-0.3, -0.25) is 14.7 Å². The van der Waals surface area contributed by atoms with Gasteiger partial charge in [0.05, 0.1) is 0 Å². The normalized spacial score (nSPS) is 22.4. The van der Waals surface area contributed by atoms with Crippen LogP contribution in [0.15, 0.2) is 30.2 Å². The standard InChI is InChI=1S/C15H17N3OS/c19-14-13(10-11-6-8-16-9-7-11)17-15(20)18(14)12-4-2-1-3-5-12/h6-10,12H,1-5H2,(H,17,20)/b13-10+. The lowest BCUT2D eigenvalue weighted by Crippen LogP contribution is -2.41. The van der Waals surface area contributed by atoms with Gasteiger partial charge in [0, 0.05) is 18.4 Å². The van der Waals surface area contributed by atoms with Crippen molar-refractivity contribution in [3.8, 4) is 0 Å². The highest BCUT2D eigenvalue weighted by Gasteiger charge is 2.36. The minimum atomic E-state index is -0.00119. The Kier molecular flexibility index (Phi) is 3.78. The summed E-state index contributed by atoms with van der Waals surface area (Å²) in [5.74, 6) is -0.00119. The Bertz CT molecular complexity index is 549. The monoisotopic (exact) mass is 287 g/mol. The van der Waals surface area contributed by atoms with E-state index in [-0.39, 0.29) is 11.9 Å². The van der Waals surface area contributed by atoms with Gasteiger partial charge in [-0.25, -0.2) is 0 Å². The third-order valence-corrected chi connectivity index (χ3v) is 4.17. The Morgan fingerprint density at radius 1 is 1.25 bits per heavy atom. The molecule has 1 saturated carbocycles. The fourth-order valence-corrected chi connectivity index (χ4v) is 3.19. The van der Waals surface area contributed by atoms with E-state index in [1.807, 2.05) is 18.2 Å². The second kappa shape index (κ2) is 5.71. The molecule has 20 heavy (non-hydrogen) atoms. The molecule has 3 rings (SSSR count). The van der Waals surface area contributed by atoms with E-state index >= 15 is 0 Å². The van der Waals surface area contributed by atoms with Gasteiger partial charge in [0.25, 0.3) is 5.91 Å². The molecule has 1 N–H and O–H groups in total. The number of nitrogens with zero attached hydrogens (tertiary/aromatic N) is 2. The first-order chi connectivity index (χ1) is 9.75. The molecule has 1 aliphatic carbocycles. The molecular formula is C15H17N3OS. The summed E-state index contributed by atoms with van der Waals surface area (Å²) in [5.41, 5.74) is 1.51. The lowest BCUT2D eigenvalue weighted by Gasteiger charge is -2.29. The van der Waals surface area contributed by atoms with Gasteiger partial charge in [-0.15, -0.1) is 0 Å². The molecule has 0 bridgehead atoms. The first-order valence-corrected chi connectivity index (χ1v) is 7.43. The number of thiocarbonyl (C=S) groups is 1. The fraction of sp³-hybridized carbons (Fsp3) is 0.400. The molecule has 0 aromatic carbocycles. The average molecular weight is 287 g/mol. The van der Waals surface area contributed by atoms with E-state index in [9.17, 15) is 4.79 Å². The number of pyridine rings is 1. The number of nitrogens with one attached hydrogen (secondary N) is 1. The quantitative estimate of drug-likeness (QED) is 0.670. The Balaban J connectivity index is 1.81. The zero-order valence-electron chi connectivity index (χ0n) is 11.2. The van der Waals surface area contributed by atoms with E-state index in [0.29, 0.717) is 10.8 Å². The van der Waals surface area contributed by atoms with E-state index < -0.39 is 0 Å². The van der Waals surface area contributed by atoms with Gasteiger partial charge in [0.15, 0.2) is 5.11 Å². The third kappa shape index (κ3) is 2.58. The van der Waals surface area contributed by atoms with Crippen LogP contribution < -0.4 is 5.32 Å². The highest BCUT2D eigenvalue weighted by Crippen LogP contribution is 2.26. The van der Waals surface area contributed by atoms with E-state index in [1.165, 1.54) is 19.3 Å². The molecule has 1 amide bonds. The molecule has 1 aromatic rings. The number of rotatable bonds is 2. The highest BCUT2D eigenvalue weighted by molar-refractivity contribution is 7.80. The van der Waals surface area contributed by atoms with Crippen molar-refractivity contribution in [2.75, 3.05) is 0 Å². The second-order valence-corrected chi connectivity index (χ2v) is 5.62. The molecule has 4 nitrogen and oxygen atoms in total. The van der Waals surface area contributed by atoms with Crippen molar-refractivity contribution in [3.63, 3.8) is 0 Å². The smallest absolute Gasteiger partial charge is 0.276 e. The zero-order valence-corrected chi connectivity index (χ0v) is 12.0. The molecule has 1 saturated heterocycles. The summed E-state index contributed by atoms with van der Waals surface area (Å²) in [5, 5.41) is 3.59. The maximum Gasteiger partial charge on any atom is 0.276 e. The van der Waals surface area contributed by atoms with Crippen LogP contribution in [0.2, 0.25) is 0 Å². The third-order valence-electron chi connectivity index (χ3n) is 3.87. The van der Waals surface area contributed by atoms with Crippen LogP contribution in [0.5, 0.6) is 0 Å². The van der Waals surface area contributed by atoms with Crippen molar-refractivity contribution in [3.05, 3.63) is 35.8 Å². The van der Waals surface area contributed by atoms with Gasteiger partial charge in [-0.2, -0.15) is 0 Å². The number of hydrogen-bond acceptors (Lipinski definition) is 3. The predicted molar refractivity (Wildman–Crippen MR) is 81.7 cm³/mol. The average Bonchev–Trinajstić information content (AvgIpc) is 2.75. The lowest BCUT2D eigenvalue weighted by molar-refractivity contribution is -0.124. The topological polar surface area (TPSA) is 45.2 Å². The molecule has 0 atom stereocenters. The number of amides is 1. The van der Waals surface area contributed by atoms with Crippen LogP contribution in [-0.4, -0.2) is 26.9 Å². The molecule has 0 radical (unpaired) electrons. The van der Waals surface area contributed by atoms with Crippen molar-refractivity contribution in [2.45, 2.75) is 38.1 Å². The maximum absolute atomic E-state index is 12.5.